The molecule has 0 aliphatic heterocycles. The van der Waals surface area contributed by atoms with Gasteiger partial charge >= 0.3 is 0 Å². The number of hydrogen-bond acceptors (Lipinski definition) is 3. The Hall–Kier alpha value is -1.66. The summed E-state index contributed by atoms with van der Waals surface area (Å²) in [5.41, 5.74) is 3.44. The smallest absolute Gasteiger partial charge is 0.251 e. The Kier molecular flexibility index (Phi) is 3.96. The van der Waals surface area contributed by atoms with Gasteiger partial charge in [-0.05, 0) is 42.8 Å². The molecule has 0 radical (unpaired) electrons. The lowest BCUT2D eigenvalue weighted by Gasteiger charge is -2.08. The van der Waals surface area contributed by atoms with Crippen molar-refractivity contribution in [1.82, 2.24) is 9.71 Å². The molecule has 2 N–H and O–H groups in total. The summed E-state index contributed by atoms with van der Waals surface area (Å²) in [7, 11) is -3.22. The summed E-state index contributed by atoms with van der Waals surface area (Å²) in [4.78, 5) is 14.9. The van der Waals surface area contributed by atoms with Crippen molar-refractivity contribution in [3.63, 3.8) is 0 Å². The van der Waals surface area contributed by atoms with Gasteiger partial charge in [0.15, 0.2) is 0 Å². The van der Waals surface area contributed by atoms with Crippen molar-refractivity contribution in [2.45, 2.75) is 20.3 Å². The van der Waals surface area contributed by atoms with Crippen molar-refractivity contribution in [3.05, 3.63) is 45.2 Å². The summed E-state index contributed by atoms with van der Waals surface area (Å²) in [5.74, 6) is 0. The van der Waals surface area contributed by atoms with Gasteiger partial charge in [0, 0.05) is 12.1 Å². The highest BCUT2D eigenvalue weighted by molar-refractivity contribution is 7.88. The zero-order valence-electron chi connectivity index (χ0n) is 11.8. The van der Waals surface area contributed by atoms with Gasteiger partial charge in [-0.2, -0.15) is 0 Å². The van der Waals surface area contributed by atoms with Gasteiger partial charge in [0.25, 0.3) is 5.56 Å². The molecule has 1 aromatic heterocycles. The second-order valence-corrected chi connectivity index (χ2v) is 6.84. The molecule has 0 saturated carbocycles. The lowest BCUT2D eigenvalue weighted by molar-refractivity contribution is 0.587. The molecular weight excluding hydrogens is 276 g/mol. The van der Waals surface area contributed by atoms with Crippen LogP contribution in [0.4, 0.5) is 0 Å². The van der Waals surface area contributed by atoms with E-state index in [0.29, 0.717) is 12.0 Å². The number of rotatable bonds is 4. The molecule has 0 spiro atoms. The van der Waals surface area contributed by atoms with E-state index < -0.39 is 10.0 Å². The minimum absolute atomic E-state index is 0.165. The lowest BCUT2D eigenvalue weighted by Crippen LogP contribution is -2.26. The van der Waals surface area contributed by atoms with E-state index in [0.717, 1.165) is 28.3 Å². The number of aromatic nitrogens is 1. The molecule has 1 aromatic carbocycles. The minimum Gasteiger partial charge on any atom is -0.321 e. The number of aryl methyl sites for hydroxylation is 2. The molecule has 5 nitrogen and oxygen atoms in total. The Morgan fingerprint density at radius 2 is 1.95 bits per heavy atom. The van der Waals surface area contributed by atoms with E-state index in [1.165, 1.54) is 0 Å². The third kappa shape index (κ3) is 3.26. The standard InChI is InChI=1S/C14H18N2O3S/c1-9-4-5-11-8-12(6-7-15-20(3,18)19)14(17)16-13(11)10(9)2/h4-5,8,15H,6-7H2,1-3H3,(H,16,17). The number of nitrogens with one attached hydrogen (secondary N) is 2. The van der Waals surface area contributed by atoms with Crippen molar-refractivity contribution < 1.29 is 8.42 Å². The van der Waals surface area contributed by atoms with Gasteiger partial charge in [-0.25, -0.2) is 13.1 Å². The summed E-state index contributed by atoms with van der Waals surface area (Å²) in [6.45, 7) is 4.19. The molecule has 2 aromatic rings. The first-order valence-corrected chi connectivity index (χ1v) is 8.24. The average molecular weight is 294 g/mol. The monoisotopic (exact) mass is 294 g/mol. The molecule has 20 heavy (non-hydrogen) atoms. The third-order valence-corrected chi connectivity index (χ3v) is 4.12. The van der Waals surface area contributed by atoms with Gasteiger partial charge in [0.2, 0.25) is 10.0 Å². The molecule has 0 atom stereocenters. The van der Waals surface area contributed by atoms with Crippen molar-refractivity contribution in [1.29, 1.82) is 0 Å². The van der Waals surface area contributed by atoms with Crippen molar-refractivity contribution in [2.75, 3.05) is 12.8 Å². The van der Waals surface area contributed by atoms with E-state index in [2.05, 4.69) is 9.71 Å². The van der Waals surface area contributed by atoms with E-state index in [9.17, 15) is 13.2 Å². The van der Waals surface area contributed by atoms with Crippen molar-refractivity contribution in [2.24, 2.45) is 0 Å². The minimum atomic E-state index is -3.22. The zero-order chi connectivity index (χ0) is 14.9. The Balaban J connectivity index is 2.34. The molecule has 1 heterocycles. The van der Waals surface area contributed by atoms with Gasteiger partial charge in [-0.3, -0.25) is 4.79 Å². The Morgan fingerprint density at radius 1 is 1.25 bits per heavy atom. The molecule has 2 rings (SSSR count). The van der Waals surface area contributed by atoms with Crippen LogP contribution >= 0.6 is 0 Å². The second kappa shape index (κ2) is 5.38. The predicted octanol–water partition coefficient (Wildman–Crippen LogP) is 1.24. The number of pyridine rings is 1. The van der Waals surface area contributed by atoms with Crippen LogP contribution in [0.5, 0.6) is 0 Å². The Morgan fingerprint density at radius 3 is 2.60 bits per heavy atom. The molecule has 0 bridgehead atoms. The molecule has 0 aliphatic carbocycles. The van der Waals surface area contributed by atoms with Gasteiger partial charge in [-0.1, -0.05) is 12.1 Å². The van der Waals surface area contributed by atoms with E-state index >= 15 is 0 Å². The molecule has 0 fully saturated rings. The van der Waals surface area contributed by atoms with Crippen molar-refractivity contribution in [3.8, 4) is 0 Å². The maximum absolute atomic E-state index is 12.0. The largest absolute Gasteiger partial charge is 0.321 e. The van der Waals surface area contributed by atoms with Crippen LogP contribution in [0, 0.1) is 13.8 Å². The van der Waals surface area contributed by atoms with Crippen LogP contribution in [0.15, 0.2) is 23.0 Å². The molecule has 108 valence electrons. The molecule has 0 saturated heterocycles. The topological polar surface area (TPSA) is 79.0 Å². The summed E-state index contributed by atoms with van der Waals surface area (Å²) in [6.07, 6.45) is 1.47. The Labute approximate surface area is 118 Å². The van der Waals surface area contributed by atoms with Crippen molar-refractivity contribution >= 4 is 20.9 Å². The third-order valence-electron chi connectivity index (χ3n) is 3.39. The fraction of sp³-hybridized carbons (Fsp3) is 0.357. The van der Waals surface area contributed by atoms with Gasteiger partial charge in [0.1, 0.15) is 0 Å². The summed E-state index contributed by atoms with van der Waals surface area (Å²) >= 11 is 0. The van der Waals surface area contributed by atoms with Crippen LogP contribution in [0.3, 0.4) is 0 Å². The number of benzene rings is 1. The fourth-order valence-electron chi connectivity index (χ4n) is 2.13. The van der Waals surface area contributed by atoms with E-state index in [1.807, 2.05) is 32.0 Å². The SMILES string of the molecule is Cc1ccc2cc(CCNS(C)(=O)=O)c(=O)[nH]c2c1C. The first kappa shape index (κ1) is 14.7. The van der Waals surface area contributed by atoms with Gasteiger partial charge in [-0.15, -0.1) is 0 Å². The summed E-state index contributed by atoms with van der Waals surface area (Å²) < 4.78 is 24.4. The zero-order valence-corrected chi connectivity index (χ0v) is 12.6. The molecule has 6 heteroatoms. The van der Waals surface area contributed by atoms with E-state index in [4.69, 9.17) is 0 Å². The highest BCUT2D eigenvalue weighted by Gasteiger charge is 2.07. The van der Waals surface area contributed by atoms with E-state index in [-0.39, 0.29) is 12.1 Å². The van der Waals surface area contributed by atoms with Gasteiger partial charge < -0.3 is 4.98 Å². The summed E-state index contributed by atoms with van der Waals surface area (Å²) in [6, 6.07) is 5.79. The highest BCUT2D eigenvalue weighted by Crippen LogP contribution is 2.18. The normalized spacial score (nSPS) is 11.9. The predicted molar refractivity (Wildman–Crippen MR) is 80.6 cm³/mol. The summed E-state index contributed by atoms with van der Waals surface area (Å²) in [5, 5.41) is 0.960. The fourth-order valence-corrected chi connectivity index (χ4v) is 2.60. The van der Waals surface area contributed by atoms with Gasteiger partial charge in [0.05, 0.1) is 11.8 Å². The second-order valence-electron chi connectivity index (χ2n) is 5.01. The maximum atomic E-state index is 12.0. The highest BCUT2D eigenvalue weighted by atomic mass is 32.2. The molecular formula is C14H18N2O3S. The number of sulfonamides is 1. The van der Waals surface area contributed by atoms with E-state index in [1.54, 1.807) is 0 Å². The van der Waals surface area contributed by atoms with Crippen LogP contribution < -0.4 is 10.3 Å². The number of fused-ring (bicyclic) bond motifs is 1. The number of aromatic amines is 1. The number of hydrogen-bond donors (Lipinski definition) is 2. The molecule has 0 aliphatic rings. The lowest BCUT2D eigenvalue weighted by atomic mass is 10.0. The number of H-pyrrole nitrogens is 1. The quantitative estimate of drug-likeness (QED) is 0.890. The molecule has 0 amide bonds. The van der Waals surface area contributed by atoms with Crippen LogP contribution in [-0.2, 0) is 16.4 Å². The van der Waals surface area contributed by atoms with Crippen LogP contribution in [0.1, 0.15) is 16.7 Å². The average Bonchev–Trinajstić information content (AvgIpc) is 2.34. The van der Waals surface area contributed by atoms with Crippen LogP contribution in [-0.4, -0.2) is 26.2 Å². The van der Waals surface area contributed by atoms with Crippen LogP contribution in [0.2, 0.25) is 0 Å². The maximum Gasteiger partial charge on any atom is 0.251 e. The first-order valence-electron chi connectivity index (χ1n) is 6.34. The van der Waals surface area contributed by atoms with Crippen LogP contribution in [0.25, 0.3) is 10.9 Å². The Bertz CT molecular complexity index is 807. The first-order chi connectivity index (χ1) is 9.28. The molecule has 0 unspecified atom stereocenters.